The molecule has 1 aliphatic heterocycles. The van der Waals surface area contributed by atoms with Crippen molar-refractivity contribution < 1.29 is 0 Å². The van der Waals surface area contributed by atoms with E-state index in [-0.39, 0.29) is 0 Å². The normalized spacial score (nSPS) is 15.9. The summed E-state index contributed by atoms with van der Waals surface area (Å²) in [6.45, 7) is 5.71. The molecule has 0 spiro atoms. The Labute approximate surface area is 158 Å². The van der Waals surface area contributed by atoms with Crippen LogP contribution in [0.3, 0.4) is 0 Å². The van der Waals surface area contributed by atoms with Crippen molar-refractivity contribution in [3.05, 3.63) is 53.7 Å². The third-order valence-corrected chi connectivity index (χ3v) is 5.56. The third-order valence-electron chi connectivity index (χ3n) is 4.76. The van der Waals surface area contributed by atoms with Gasteiger partial charge in [-0.05, 0) is 55.6 Å². The van der Waals surface area contributed by atoms with Crippen LogP contribution in [0.2, 0.25) is 0 Å². The molecule has 1 fully saturated rings. The van der Waals surface area contributed by atoms with Gasteiger partial charge in [-0.2, -0.15) is 0 Å². The number of hydrogen-bond donors (Lipinski definition) is 1. The number of nitrogens with one attached hydrogen (secondary N) is 1. The molecule has 0 aromatic carbocycles. The Morgan fingerprint density at radius 1 is 1.12 bits per heavy atom. The lowest BCUT2D eigenvalue weighted by molar-refractivity contribution is 0.185. The van der Waals surface area contributed by atoms with Gasteiger partial charge >= 0.3 is 0 Å². The van der Waals surface area contributed by atoms with Gasteiger partial charge in [0.15, 0.2) is 0 Å². The summed E-state index contributed by atoms with van der Waals surface area (Å²) in [5.41, 5.74) is 2.13. The first-order chi connectivity index (χ1) is 12.8. The first-order valence-electron chi connectivity index (χ1n) is 9.07. The maximum Gasteiger partial charge on any atom is 0.141 e. The fourth-order valence-corrected chi connectivity index (χ4v) is 3.78. The van der Waals surface area contributed by atoms with Crippen molar-refractivity contribution in [3.8, 4) is 10.7 Å². The van der Waals surface area contributed by atoms with E-state index in [1.54, 1.807) is 17.5 Å². The number of rotatable bonds is 5. The molecule has 1 N–H and O–H groups in total. The van der Waals surface area contributed by atoms with Crippen molar-refractivity contribution in [1.29, 1.82) is 0 Å². The SMILES string of the molecule is CC1CCN(Cc2ccc(Nc3cccc(-c4nccs4)n3)nc2)CC1. The van der Waals surface area contributed by atoms with Crippen LogP contribution < -0.4 is 5.32 Å². The first-order valence-corrected chi connectivity index (χ1v) is 9.95. The highest BCUT2D eigenvalue weighted by Crippen LogP contribution is 2.22. The summed E-state index contributed by atoms with van der Waals surface area (Å²) in [7, 11) is 0. The number of anilines is 2. The third kappa shape index (κ3) is 4.26. The highest BCUT2D eigenvalue weighted by Gasteiger charge is 2.15. The van der Waals surface area contributed by atoms with Crippen molar-refractivity contribution in [1.82, 2.24) is 19.9 Å². The Kier molecular flexibility index (Phi) is 5.22. The van der Waals surface area contributed by atoms with Crippen LogP contribution >= 0.6 is 11.3 Å². The Bertz CT molecular complexity index is 824. The molecule has 1 saturated heterocycles. The molecule has 3 aromatic heterocycles. The van der Waals surface area contributed by atoms with Gasteiger partial charge in [-0.15, -0.1) is 11.3 Å². The number of piperidine rings is 1. The van der Waals surface area contributed by atoms with Crippen LogP contribution in [0.15, 0.2) is 48.1 Å². The van der Waals surface area contributed by atoms with E-state index in [1.165, 1.54) is 31.5 Å². The fraction of sp³-hybridized carbons (Fsp3) is 0.350. The predicted octanol–water partition coefficient (Wildman–Crippen LogP) is 4.58. The molecule has 0 bridgehead atoms. The van der Waals surface area contributed by atoms with Crippen molar-refractivity contribution in [2.45, 2.75) is 26.3 Å². The lowest BCUT2D eigenvalue weighted by atomic mass is 9.99. The number of pyridine rings is 2. The highest BCUT2D eigenvalue weighted by molar-refractivity contribution is 7.13. The number of thiazole rings is 1. The molecule has 4 heterocycles. The van der Waals surface area contributed by atoms with Crippen molar-refractivity contribution in [2.75, 3.05) is 18.4 Å². The van der Waals surface area contributed by atoms with Gasteiger partial charge in [0.2, 0.25) is 0 Å². The number of nitrogens with zero attached hydrogens (tertiary/aromatic N) is 4. The van der Waals surface area contributed by atoms with Crippen LogP contribution in [-0.2, 0) is 6.54 Å². The largest absolute Gasteiger partial charge is 0.325 e. The summed E-state index contributed by atoms with van der Waals surface area (Å²) >= 11 is 1.59. The van der Waals surface area contributed by atoms with Gasteiger partial charge in [0.05, 0.1) is 0 Å². The Hall–Kier alpha value is -2.31. The van der Waals surface area contributed by atoms with E-state index in [0.29, 0.717) is 0 Å². The molecule has 1 aliphatic rings. The van der Waals surface area contributed by atoms with Crippen LogP contribution in [0.5, 0.6) is 0 Å². The van der Waals surface area contributed by atoms with E-state index in [0.717, 1.165) is 34.8 Å². The number of hydrogen-bond acceptors (Lipinski definition) is 6. The highest BCUT2D eigenvalue weighted by atomic mass is 32.1. The number of aromatic nitrogens is 3. The molecule has 0 unspecified atom stereocenters. The zero-order chi connectivity index (χ0) is 17.8. The summed E-state index contributed by atoms with van der Waals surface area (Å²) in [5.74, 6) is 2.45. The molecule has 5 nitrogen and oxygen atoms in total. The van der Waals surface area contributed by atoms with E-state index < -0.39 is 0 Å². The quantitative estimate of drug-likeness (QED) is 0.717. The van der Waals surface area contributed by atoms with Gasteiger partial charge in [0.1, 0.15) is 22.3 Å². The van der Waals surface area contributed by atoms with Gasteiger partial charge in [0.25, 0.3) is 0 Å². The summed E-state index contributed by atoms with van der Waals surface area (Å²) in [6.07, 6.45) is 6.36. The van der Waals surface area contributed by atoms with Crippen LogP contribution in [0.1, 0.15) is 25.3 Å². The molecular formula is C20H23N5S. The molecule has 0 atom stereocenters. The Morgan fingerprint density at radius 3 is 2.73 bits per heavy atom. The summed E-state index contributed by atoms with van der Waals surface area (Å²) < 4.78 is 0. The second kappa shape index (κ2) is 7.93. The maximum absolute atomic E-state index is 4.62. The van der Waals surface area contributed by atoms with Gasteiger partial charge in [-0.1, -0.05) is 19.1 Å². The van der Waals surface area contributed by atoms with E-state index in [1.807, 2.05) is 35.8 Å². The zero-order valence-corrected chi connectivity index (χ0v) is 15.7. The Morgan fingerprint density at radius 2 is 2.00 bits per heavy atom. The average Bonchev–Trinajstić information content (AvgIpc) is 3.20. The molecule has 26 heavy (non-hydrogen) atoms. The zero-order valence-electron chi connectivity index (χ0n) is 14.9. The van der Waals surface area contributed by atoms with E-state index in [2.05, 4.69) is 38.2 Å². The second-order valence-corrected chi connectivity index (χ2v) is 7.78. The monoisotopic (exact) mass is 365 g/mol. The van der Waals surface area contributed by atoms with Gasteiger partial charge in [0, 0.05) is 24.3 Å². The van der Waals surface area contributed by atoms with Gasteiger partial charge < -0.3 is 5.32 Å². The smallest absolute Gasteiger partial charge is 0.141 e. The van der Waals surface area contributed by atoms with Crippen molar-refractivity contribution in [3.63, 3.8) is 0 Å². The first kappa shape index (κ1) is 17.1. The van der Waals surface area contributed by atoms with Crippen molar-refractivity contribution >= 4 is 23.0 Å². The fourth-order valence-electron chi connectivity index (χ4n) is 3.17. The molecular weight excluding hydrogens is 342 g/mol. The van der Waals surface area contributed by atoms with Crippen LogP contribution in [0.25, 0.3) is 10.7 Å². The molecule has 0 aliphatic carbocycles. The van der Waals surface area contributed by atoms with E-state index in [9.17, 15) is 0 Å². The molecule has 0 radical (unpaired) electrons. The minimum Gasteiger partial charge on any atom is -0.325 e. The van der Waals surface area contributed by atoms with Crippen LogP contribution in [-0.4, -0.2) is 32.9 Å². The Balaban J connectivity index is 1.39. The summed E-state index contributed by atoms with van der Waals surface area (Å²) in [6, 6.07) is 10.1. The number of likely N-dealkylation sites (tertiary alicyclic amines) is 1. The minimum atomic E-state index is 0.781. The van der Waals surface area contributed by atoms with E-state index >= 15 is 0 Å². The summed E-state index contributed by atoms with van der Waals surface area (Å²) in [4.78, 5) is 16.0. The van der Waals surface area contributed by atoms with Crippen molar-refractivity contribution in [2.24, 2.45) is 5.92 Å². The molecule has 3 aromatic rings. The maximum atomic E-state index is 4.62. The van der Waals surface area contributed by atoms with Gasteiger partial charge in [-0.3, -0.25) is 4.90 Å². The van der Waals surface area contributed by atoms with Gasteiger partial charge in [-0.25, -0.2) is 15.0 Å². The average molecular weight is 366 g/mol. The summed E-state index contributed by atoms with van der Waals surface area (Å²) in [5, 5.41) is 6.17. The van der Waals surface area contributed by atoms with Crippen LogP contribution in [0.4, 0.5) is 11.6 Å². The minimum absolute atomic E-state index is 0.781. The topological polar surface area (TPSA) is 53.9 Å². The molecule has 0 amide bonds. The van der Waals surface area contributed by atoms with Crippen LogP contribution in [0, 0.1) is 5.92 Å². The second-order valence-electron chi connectivity index (χ2n) is 6.88. The lowest BCUT2D eigenvalue weighted by Gasteiger charge is -2.30. The molecule has 6 heteroatoms. The lowest BCUT2D eigenvalue weighted by Crippen LogP contribution is -2.32. The molecule has 0 saturated carbocycles. The standard InChI is InChI=1S/C20H23N5S/c1-15-7-10-25(11-8-15)14-16-5-6-18(22-13-16)24-19-4-2-3-17(23-19)20-21-9-12-26-20/h2-6,9,12-13,15H,7-8,10-11,14H2,1H3,(H,22,23,24). The molecule has 134 valence electrons. The van der Waals surface area contributed by atoms with E-state index in [4.69, 9.17) is 0 Å². The molecule has 4 rings (SSSR count). The predicted molar refractivity (Wildman–Crippen MR) is 107 cm³/mol.